The maximum absolute atomic E-state index is 12.1. The Hall–Kier alpha value is -2.34. The van der Waals surface area contributed by atoms with E-state index in [2.05, 4.69) is 10.3 Å². The van der Waals surface area contributed by atoms with Gasteiger partial charge >= 0.3 is 5.97 Å². The molecule has 2 aromatic rings. The largest absolute Gasteiger partial charge is 0.462 e. The van der Waals surface area contributed by atoms with Crippen LogP contribution in [0.4, 0.5) is 5.69 Å². The molecule has 118 valence electrons. The van der Waals surface area contributed by atoms with E-state index in [1.165, 1.54) is 11.8 Å². The lowest BCUT2D eigenvalue weighted by atomic mass is 10.1. The Balaban J connectivity index is 1.52. The molecule has 0 radical (unpaired) electrons. The zero-order chi connectivity index (χ0) is 16.1. The van der Waals surface area contributed by atoms with Gasteiger partial charge in [0.2, 0.25) is 5.91 Å². The minimum atomic E-state index is -0.371. The van der Waals surface area contributed by atoms with Crippen LogP contribution >= 0.6 is 11.8 Å². The number of aromatic nitrogens is 1. The highest BCUT2D eigenvalue weighted by atomic mass is 32.2. The summed E-state index contributed by atoms with van der Waals surface area (Å²) in [7, 11) is 0. The molecule has 1 amide bonds. The molecule has 1 aromatic carbocycles. The molecule has 0 bridgehead atoms. The Morgan fingerprint density at radius 1 is 1.35 bits per heavy atom. The number of rotatable bonds is 5. The summed E-state index contributed by atoms with van der Waals surface area (Å²) in [4.78, 5) is 28.5. The van der Waals surface area contributed by atoms with Crippen molar-refractivity contribution in [1.29, 1.82) is 0 Å². The van der Waals surface area contributed by atoms with E-state index in [1.807, 2.05) is 24.4 Å². The van der Waals surface area contributed by atoms with Gasteiger partial charge in [-0.05, 0) is 42.7 Å². The van der Waals surface area contributed by atoms with E-state index in [0.717, 1.165) is 23.3 Å². The van der Waals surface area contributed by atoms with Crippen molar-refractivity contribution in [3.8, 4) is 0 Å². The van der Waals surface area contributed by atoms with E-state index in [1.54, 1.807) is 18.3 Å². The fourth-order valence-corrected chi connectivity index (χ4v) is 3.07. The van der Waals surface area contributed by atoms with E-state index in [9.17, 15) is 9.59 Å². The molecule has 0 saturated carbocycles. The summed E-state index contributed by atoms with van der Waals surface area (Å²) in [6.45, 7) is 0.353. The van der Waals surface area contributed by atoms with Crippen LogP contribution in [0.3, 0.4) is 0 Å². The molecule has 0 fully saturated rings. The summed E-state index contributed by atoms with van der Waals surface area (Å²) >= 11 is 1.47. The third kappa shape index (κ3) is 4.10. The molecule has 0 aliphatic carbocycles. The molecule has 23 heavy (non-hydrogen) atoms. The van der Waals surface area contributed by atoms with Crippen molar-refractivity contribution in [2.45, 2.75) is 17.7 Å². The molecule has 0 spiro atoms. The summed E-state index contributed by atoms with van der Waals surface area (Å²) < 4.78 is 5.29. The molecule has 1 aliphatic heterocycles. The molecule has 3 rings (SSSR count). The maximum atomic E-state index is 12.1. The number of fused-ring (bicyclic) bond motifs is 1. The number of ether oxygens (including phenoxy) is 1. The van der Waals surface area contributed by atoms with Gasteiger partial charge in [0.25, 0.3) is 0 Å². The van der Waals surface area contributed by atoms with E-state index >= 15 is 0 Å². The number of anilines is 1. The molecule has 1 aliphatic rings. The fourth-order valence-electron chi connectivity index (χ4n) is 2.28. The van der Waals surface area contributed by atoms with Crippen LogP contribution in [0.2, 0.25) is 0 Å². The number of esters is 1. The number of pyridine rings is 1. The first-order chi connectivity index (χ1) is 11.2. The van der Waals surface area contributed by atoms with Crippen LogP contribution in [-0.2, 0) is 16.0 Å². The van der Waals surface area contributed by atoms with E-state index in [-0.39, 0.29) is 11.9 Å². The molecule has 0 unspecified atom stereocenters. The molecule has 0 saturated heterocycles. The van der Waals surface area contributed by atoms with Crippen molar-refractivity contribution >= 4 is 29.3 Å². The normalized spacial score (nSPS) is 13.1. The lowest BCUT2D eigenvalue weighted by molar-refractivity contribution is -0.113. The van der Waals surface area contributed by atoms with Gasteiger partial charge in [-0.15, -0.1) is 11.8 Å². The summed E-state index contributed by atoms with van der Waals surface area (Å²) in [6, 6.07) is 9.13. The third-order valence-corrected chi connectivity index (χ3v) is 4.49. The second kappa shape index (κ2) is 7.28. The summed E-state index contributed by atoms with van der Waals surface area (Å²) in [5.74, 6) is -0.0150. The van der Waals surface area contributed by atoms with Gasteiger partial charge in [0, 0.05) is 17.3 Å². The molecule has 2 heterocycles. The van der Waals surface area contributed by atoms with Gasteiger partial charge in [-0.3, -0.25) is 9.78 Å². The zero-order valence-electron chi connectivity index (χ0n) is 12.5. The van der Waals surface area contributed by atoms with E-state index in [0.29, 0.717) is 23.6 Å². The topological polar surface area (TPSA) is 68.3 Å². The molecule has 0 atom stereocenters. The van der Waals surface area contributed by atoms with Gasteiger partial charge in [0.15, 0.2) is 0 Å². The van der Waals surface area contributed by atoms with E-state index in [4.69, 9.17) is 4.74 Å². The number of nitrogens with one attached hydrogen (secondary N) is 1. The number of carbonyl (C=O) groups excluding carboxylic acids is 2. The van der Waals surface area contributed by atoms with Crippen molar-refractivity contribution in [2.75, 3.05) is 17.7 Å². The number of amides is 1. The highest BCUT2D eigenvalue weighted by Crippen LogP contribution is 2.32. The third-order valence-electron chi connectivity index (χ3n) is 3.41. The maximum Gasteiger partial charge on any atom is 0.338 e. The number of nitrogens with zero attached hydrogens (tertiary/aromatic N) is 1. The highest BCUT2D eigenvalue weighted by Gasteiger charge is 2.17. The van der Waals surface area contributed by atoms with Crippen molar-refractivity contribution in [3.05, 3.63) is 53.9 Å². The van der Waals surface area contributed by atoms with Crippen LogP contribution < -0.4 is 5.32 Å². The van der Waals surface area contributed by atoms with Crippen molar-refractivity contribution in [1.82, 2.24) is 4.98 Å². The fraction of sp³-hybridized carbons (Fsp3) is 0.235. The van der Waals surface area contributed by atoms with Gasteiger partial charge in [-0.2, -0.15) is 0 Å². The van der Waals surface area contributed by atoms with Crippen molar-refractivity contribution in [2.24, 2.45) is 0 Å². The smallest absolute Gasteiger partial charge is 0.338 e. The highest BCUT2D eigenvalue weighted by molar-refractivity contribution is 8.00. The number of aryl methyl sites for hydroxylation is 1. The zero-order valence-corrected chi connectivity index (χ0v) is 13.3. The average Bonchev–Trinajstić information content (AvgIpc) is 2.58. The number of carbonyl (C=O) groups is 2. The van der Waals surface area contributed by atoms with Crippen LogP contribution in [0, 0.1) is 0 Å². The molecule has 5 nitrogen and oxygen atoms in total. The van der Waals surface area contributed by atoms with Crippen LogP contribution in [0.1, 0.15) is 22.3 Å². The lowest BCUT2D eigenvalue weighted by Gasteiger charge is -2.16. The predicted molar refractivity (Wildman–Crippen MR) is 88.6 cm³/mol. The first kappa shape index (κ1) is 15.6. The molecule has 6 heteroatoms. The molecule has 1 aromatic heterocycles. The SMILES string of the molecule is O=C1CSc2ccc(C(=O)OCCCc3cccnc3)cc2N1. The number of thioether (sulfide) groups is 1. The number of benzene rings is 1. The van der Waals surface area contributed by atoms with Crippen molar-refractivity contribution < 1.29 is 14.3 Å². The monoisotopic (exact) mass is 328 g/mol. The van der Waals surface area contributed by atoms with Gasteiger partial charge in [0.1, 0.15) is 0 Å². The van der Waals surface area contributed by atoms with Crippen LogP contribution in [-0.4, -0.2) is 29.2 Å². The van der Waals surface area contributed by atoms with Gasteiger partial charge in [-0.1, -0.05) is 6.07 Å². The molecule has 1 N–H and O–H groups in total. The number of hydrogen-bond acceptors (Lipinski definition) is 5. The van der Waals surface area contributed by atoms with Crippen molar-refractivity contribution in [3.63, 3.8) is 0 Å². The number of hydrogen-bond donors (Lipinski definition) is 1. The van der Waals surface area contributed by atoms with Crippen LogP contribution in [0.25, 0.3) is 0 Å². The quantitative estimate of drug-likeness (QED) is 0.675. The Labute approximate surface area is 138 Å². The summed E-state index contributed by atoms with van der Waals surface area (Å²) in [5.41, 5.74) is 2.25. The van der Waals surface area contributed by atoms with Crippen LogP contribution in [0.15, 0.2) is 47.6 Å². The second-order valence-corrected chi connectivity index (χ2v) is 6.17. The Morgan fingerprint density at radius 2 is 2.26 bits per heavy atom. The first-order valence-corrected chi connectivity index (χ1v) is 8.34. The van der Waals surface area contributed by atoms with E-state index < -0.39 is 0 Å². The lowest BCUT2D eigenvalue weighted by Crippen LogP contribution is -2.19. The standard InChI is InChI=1S/C17H16N2O3S/c20-16-11-23-15-6-5-13(9-14(15)19-16)17(21)22-8-2-4-12-3-1-7-18-10-12/h1,3,5-7,9-10H,2,4,8,11H2,(H,19,20). The average molecular weight is 328 g/mol. The van der Waals surface area contributed by atoms with Crippen LogP contribution in [0.5, 0.6) is 0 Å². The van der Waals surface area contributed by atoms with Gasteiger partial charge < -0.3 is 10.1 Å². The molecular formula is C17H16N2O3S. The summed E-state index contributed by atoms with van der Waals surface area (Å²) in [5, 5.41) is 2.77. The Kier molecular flexibility index (Phi) is 4.92. The Bertz CT molecular complexity index is 719. The predicted octanol–water partition coefficient (Wildman–Crippen LogP) is 2.92. The second-order valence-electron chi connectivity index (χ2n) is 5.15. The minimum Gasteiger partial charge on any atom is -0.462 e. The van der Waals surface area contributed by atoms with Gasteiger partial charge in [-0.25, -0.2) is 4.79 Å². The van der Waals surface area contributed by atoms with Gasteiger partial charge in [0.05, 0.1) is 23.6 Å². The molecular weight excluding hydrogens is 312 g/mol. The minimum absolute atomic E-state index is 0.0514. The summed E-state index contributed by atoms with van der Waals surface area (Å²) in [6.07, 6.45) is 5.11. The Morgan fingerprint density at radius 3 is 3.09 bits per heavy atom. The first-order valence-electron chi connectivity index (χ1n) is 7.35.